The lowest BCUT2D eigenvalue weighted by molar-refractivity contribution is 0.0279. The molecule has 5 heteroatoms. The number of rotatable bonds is 6. The zero-order valence-corrected chi connectivity index (χ0v) is 11.8. The zero-order chi connectivity index (χ0) is 14.5. The largest absolute Gasteiger partial charge is 0.460 e. The third kappa shape index (κ3) is 3.51. The van der Waals surface area contributed by atoms with Crippen LogP contribution in [-0.4, -0.2) is 30.8 Å². The van der Waals surface area contributed by atoms with E-state index in [9.17, 15) is 4.79 Å². The normalized spacial score (nSPS) is 11.2. The van der Waals surface area contributed by atoms with Crippen LogP contribution in [0.1, 0.15) is 24.2 Å². The van der Waals surface area contributed by atoms with Crippen molar-refractivity contribution in [1.82, 2.24) is 4.98 Å². The predicted molar refractivity (Wildman–Crippen MR) is 78.7 cm³/mol. The molecule has 0 spiro atoms. The number of aromatic nitrogens is 1. The first-order valence-electron chi connectivity index (χ1n) is 6.69. The molecule has 1 aromatic heterocycles. The van der Waals surface area contributed by atoms with Crippen molar-refractivity contribution in [3.63, 3.8) is 0 Å². The number of nitrogen functional groups attached to an aromatic ring is 1. The number of anilines is 1. The summed E-state index contributed by atoms with van der Waals surface area (Å²) < 4.78 is 10.6. The zero-order valence-electron chi connectivity index (χ0n) is 11.8. The Morgan fingerprint density at radius 3 is 2.90 bits per heavy atom. The van der Waals surface area contributed by atoms with Crippen molar-refractivity contribution >= 4 is 22.6 Å². The molecule has 3 N–H and O–H groups in total. The molecule has 20 heavy (non-hydrogen) atoms. The lowest BCUT2D eigenvalue weighted by Gasteiger charge is -2.07. The van der Waals surface area contributed by atoms with Gasteiger partial charge in [-0.2, -0.15) is 0 Å². The van der Waals surface area contributed by atoms with E-state index < -0.39 is 0 Å². The van der Waals surface area contributed by atoms with Crippen LogP contribution in [0.4, 0.5) is 5.69 Å². The van der Waals surface area contributed by atoms with E-state index >= 15 is 0 Å². The maximum atomic E-state index is 12.0. The number of ether oxygens (including phenoxy) is 2. The van der Waals surface area contributed by atoms with Crippen LogP contribution in [0.2, 0.25) is 0 Å². The average molecular weight is 276 g/mol. The summed E-state index contributed by atoms with van der Waals surface area (Å²) in [7, 11) is 0. The van der Waals surface area contributed by atoms with Gasteiger partial charge in [-0.25, -0.2) is 4.79 Å². The molecule has 0 bridgehead atoms. The number of carbonyl (C=O) groups excluding carboxylic acids is 1. The molecule has 1 aromatic carbocycles. The molecule has 2 rings (SSSR count). The van der Waals surface area contributed by atoms with Gasteiger partial charge in [-0.1, -0.05) is 13.8 Å². The molecule has 5 nitrogen and oxygen atoms in total. The van der Waals surface area contributed by atoms with Gasteiger partial charge in [0.1, 0.15) is 6.61 Å². The van der Waals surface area contributed by atoms with Crippen molar-refractivity contribution in [2.45, 2.75) is 13.8 Å². The van der Waals surface area contributed by atoms with Crippen molar-refractivity contribution in [1.29, 1.82) is 0 Å². The van der Waals surface area contributed by atoms with E-state index in [1.54, 1.807) is 18.3 Å². The van der Waals surface area contributed by atoms with Gasteiger partial charge >= 0.3 is 5.97 Å². The van der Waals surface area contributed by atoms with E-state index in [0.29, 0.717) is 30.4 Å². The van der Waals surface area contributed by atoms with Crippen LogP contribution < -0.4 is 5.73 Å². The number of benzene rings is 1. The van der Waals surface area contributed by atoms with Crippen molar-refractivity contribution in [3.05, 3.63) is 30.0 Å². The summed E-state index contributed by atoms with van der Waals surface area (Å²) in [6.45, 7) is 5.49. The van der Waals surface area contributed by atoms with Gasteiger partial charge in [-0.3, -0.25) is 0 Å². The predicted octanol–water partition coefficient (Wildman–Crippen LogP) is 2.58. The van der Waals surface area contributed by atoms with Crippen LogP contribution in [0.5, 0.6) is 0 Å². The minimum atomic E-state index is -0.353. The van der Waals surface area contributed by atoms with Crippen LogP contribution in [0.25, 0.3) is 10.9 Å². The lowest BCUT2D eigenvalue weighted by Crippen LogP contribution is -2.12. The maximum absolute atomic E-state index is 12.0. The van der Waals surface area contributed by atoms with Crippen molar-refractivity contribution < 1.29 is 14.3 Å². The van der Waals surface area contributed by atoms with Gasteiger partial charge in [0.05, 0.1) is 12.2 Å². The van der Waals surface area contributed by atoms with Crippen molar-refractivity contribution in [3.8, 4) is 0 Å². The topological polar surface area (TPSA) is 77.3 Å². The van der Waals surface area contributed by atoms with Crippen LogP contribution >= 0.6 is 0 Å². The number of aromatic amines is 1. The SMILES string of the molecule is CC(C)COCCOC(=O)c1c[nH]c2cc(N)ccc12. The summed E-state index contributed by atoms with van der Waals surface area (Å²) >= 11 is 0. The molecule has 108 valence electrons. The van der Waals surface area contributed by atoms with E-state index in [2.05, 4.69) is 18.8 Å². The highest BCUT2D eigenvalue weighted by Gasteiger charge is 2.13. The molecule has 0 unspecified atom stereocenters. The second-order valence-electron chi connectivity index (χ2n) is 5.11. The molecule has 0 saturated carbocycles. The average Bonchev–Trinajstić information content (AvgIpc) is 2.80. The maximum Gasteiger partial charge on any atom is 0.340 e. The third-order valence-corrected chi connectivity index (χ3v) is 2.84. The number of fused-ring (bicyclic) bond motifs is 1. The van der Waals surface area contributed by atoms with Crippen LogP contribution in [0.3, 0.4) is 0 Å². The molecular weight excluding hydrogens is 256 g/mol. The highest BCUT2D eigenvalue weighted by atomic mass is 16.6. The number of nitrogens with two attached hydrogens (primary N) is 1. The minimum absolute atomic E-state index is 0.257. The number of esters is 1. The first-order chi connectivity index (χ1) is 9.58. The van der Waals surface area contributed by atoms with Gasteiger partial charge in [-0.15, -0.1) is 0 Å². The van der Waals surface area contributed by atoms with Gasteiger partial charge in [0.15, 0.2) is 0 Å². The Hall–Kier alpha value is -2.01. The van der Waals surface area contributed by atoms with Gasteiger partial charge in [-0.05, 0) is 24.1 Å². The third-order valence-electron chi connectivity index (χ3n) is 2.84. The van der Waals surface area contributed by atoms with E-state index in [-0.39, 0.29) is 12.6 Å². The Morgan fingerprint density at radius 1 is 1.35 bits per heavy atom. The number of hydrogen-bond acceptors (Lipinski definition) is 4. The quantitative estimate of drug-likeness (QED) is 0.483. The Kier molecular flexibility index (Phi) is 4.63. The Bertz CT molecular complexity index is 590. The monoisotopic (exact) mass is 276 g/mol. The van der Waals surface area contributed by atoms with Gasteiger partial charge in [0, 0.05) is 29.4 Å². The second-order valence-corrected chi connectivity index (χ2v) is 5.11. The molecule has 0 radical (unpaired) electrons. The fourth-order valence-corrected chi connectivity index (χ4v) is 1.90. The highest BCUT2D eigenvalue weighted by Crippen LogP contribution is 2.21. The van der Waals surface area contributed by atoms with Gasteiger partial charge in [0.2, 0.25) is 0 Å². The minimum Gasteiger partial charge on any atom is -0.460 e. The standard InChI is InChI=1S/C15H20N2O3/c1-10(2)9-19-5-6-20-15(18)13-8-17-14-7-11(16)3-4-12(13)14/h3-4,7-8,10,17H,5-6,9,16H2,1-2H3. The molecule has 0 atom stereocenters. The van der Waals surface area contributed by atoms with Crippen LogP contribution in [0, 0.1) is 5.92 Å². The van der Waals surface area contributed by atoms with E-state index in [1.807, 2.05) is 6.07 Å². The van der Waals surface area contributed by atoms with Crippen molar-refractivity contribution in [2.24, 2.45) is 5.92 Å². The molecule has 2 aromatic rings. The summed E-state index contributed by atoms with van der Waals surface area (Å²) in [6.07, 6.45) is 1.64. The summed E-state index contributed by atoms with van der Waals surface area (Å²) in [5.74, 6) is 0.124. The molecule has 0 aliphatic heterocycles. The van der Waals surface area contributed by atoms with Crippen LogP contribution in [-0.2, 0) is 9.47 Å². The molecule has 0 aliphatic rings. The number of hydrogen-bond donors (Lipinski definition) is 2. The first-order valence-corrected chi connectivity index (χ1v) is 6.69. The fraction of sp³-hybridized carbons (Fsp3) is 0.400. The summed E-state index contributed by atoms with van der Waals surface area (Å²) in [5.41, 5.74) is 7.69. The number of H-pyrrole nitrogens is 1. The molecule has 0 aliphatic carbocycles. The van der Waals surface area contributed by atoms with E-state index in [1.165, 1.54) is 0 Å². The number of nitrogens with one attached hydrogen (secondary N) is 1. The van der Waals surface area contributed by atoms with E-state index in [0.717, 1.165) is 10.9 Å². The molecule has 0 amide bonds. The summed E-state index contributed by atoms with van der Waals surface area (Å²) in [4.78, 5) is 15.0. The van der Waals surface area contributed by atoms with E-state index in [4.69, 9.17) is 15.2 Å². The summed E-state index contributed by atoms with van der Waals surface area (Å²) in [5, 5.41) is 0.812. The molecule has 0 saturated heterocycles. The van der Waals surface area contributed by atoms with Gasteiger partial charge < -0.3 is 20.2 Å². The lowest BCUT2D eigenvalue weighted by atomic mass is 10.1. The van der Waals surface area contributed by atoms with Crippen LogP contribution in [0.15, 0.2) is 24.4 Å². The highest BCUT2D eigenvalue weighted by molar-refractivity contribution is 6.04. The van der Waals surface area contributed by atoms with Gasteiger partial charge in [0.25, 0.3) is 0 Å². The molecular formula is C15H20N2O3. The molecule has 0 fully saturated rings. The number of carbonyl (C=O) groups is 1. The summed E-state index contributed by atoms with van der Waals surface area (Å²) in [6, 6.07) is 5.36. The molecule has 1 heterocycles. The smallest absolute Gasteiger partial charge is 0.340 e. The second kappa shape index (κ2) is 6.43. The fourth-order valence-electron chi connectivity index (χ4n) is 1.90. The first kappa shape index (κ1) is 14.4. The Morgan fingerprint density at radius 2 is 2.15 bits per heavy atom. The van der Waals surface area contributed by atoms with Crippen molar-refractivity contribution in [2.75, 3.05) is 25.6 Å². The Labute approximate surface area is 118 Å². The Balaban J connectivity index is 1.91.